The molecule has 0 aliphatic rings. The summed E-state index contributed by atoms with van der Waals surface area (Å²) < 4.78 is 0. The van der Waals surface area contributed by atoms with Gasteiger partial charge in [0.1, 0.15) is 0 Å². The van der Waals surface area contributed by atoms with Gasteiger partial charge in [0.15, 0.2) is 0 Å². The number of hydrogen-bond acceptors (Lipinski definition) is 2. The van der Waals surface area contributed by atoms with E-state index in [2.05, 4.69) is 32.0 Å². The maximum Gasteiger partial charge on any atom is 0.226 e. The van der Waals surface area contributed by atoms with E-state index in [1.165, 1.54) is 16.7 Å². The first-order chi connectivity index (χ1) is 7.95. The highest BCUT2D eigenvalue weighted by molar-refractivity contribution is 5.78. The van der Waals surface area contributed by atoms with Crippen molar-refractivity contribution in [3.63, 3.8) is 0 Å². The van der Waals surface area contributed by atoms with Crippen LogP contribution in [0.25, 0.3) is 0 Å². The van der Waals surface area contributed by atoms with Gasteiger partial charge in [-0.2, -0.15) is 0 Å². The zero-order chi connectivity index (χ0) is 13.0. The van der Waals surface area contributed by atoms with Gasteiger partial charge in [-0.25, -0.2) is 0 Å². The van der Waals surface area contributed by atoms with Crippen LogP contribution in [0.2, 0.25) is 0 Å². The molecule has 94 valence electrons. The van der Waals surface area contributed by atoms with E-state index in [1.807, 2.05) is 14.0 Å². The van der Waals surface area contributed by atoms with Crippen LogP contribution in [0.4, 0.5) is 0 Å². The number of rotatable bonds is 4. The fourth-order valence-corrected chi connectivity index (χ4v) is 1.83. The van der Waals surface area contributed by atoms with Crippen LogP contribution < -0.4 is 5.73 Å². The van der Waals surface area contributed by atoms with Crippen molar-refractivity contribution in [2.45, 2.75) is 27.3 Å². The van der Waals surface area contributed by atoms with Crippen molar-refractivity contribution < 1.29 is 4.79 Å². The maximum absolute atomic E-state index is 11.9. The Morgan fingerprint density at radius 3 is 2.59 bits per heavy atom. The summed E-state index contributed by atoms with van der Waals surface area (Å²) in [4.78, 5) is 13.6. The van der Waals surface area contributed by atoms with Crippen LogP contribution in [-0.2, 0) is 11.3 Å². The molecule has 17 heavy (non-hydrogen) atoms. The maximum atomic E-state index is 11.9. The molecule has 1 unspecified atom stereocenters. The third kappa shape index (κ3) is 3.56. The van der Waals surface area contributed by atoms with Gasteiger partial charge in [-0.05, 0) is 25.0 Å². The topological polar surface area (TPSA) is 46.3 Å². The molecule has 0 fully saturated rings. The Morgan fingerprint density at radius 1 is 1.41 bits per heavy atom. The quantitative estimate of drug-likeness (QED) is 0.864. The molecule has 0 saturated carbocycles. The smallest absolute Gasteiger partial charge is 0.226 e. The van der Waals surface area contributed by atoms with Crippen LogP contribution in [0.5, 0.6) is 0 Å². The minimum absolute atomic E-state index is 0.104. The molecule has 1 aromatic rings. The predicted octanol–water partition coefficient (Wildman–Crippen LogP) is 1.86. The standard InChI is InChI=1S/C14H22N2O/c1-10-5-6-13(11(2)7-10)9-16(4)14(17)12(3)8-15/h5-7,12H,8-9,15H2,1-4H3. The molecule has 1 atom stereocenters. The van der Waals surface area contributed by atoms with Crippen molar-refractivity contribution in [2.75, 3.05) is 13.6 Å². The second kappa shape index (κ2) is 5.82. The monoisotopic (exact) mass is 234 g/mol. The number of aryl methyl sites for hydroxylation is 2. The Morgan fingerprint density at radius 2 is 2.06 bits per heavy atom. The molecule has 0 saturated heterocycles. The molecule has 1 amide bonds. The third-order valence-electron chi connectivity index (χ3n) is 3.06. The molecule has 1 aromatic carbocycles. The van der Waals surface area contributed by atoms with E-state index in [9.17, 15) is 4.79 Å². The van der Waals surface area contributed by atoms with Crippen LogP contribution in [-0.4, -0.2) is 24.4 Å². The Labute approximate surface area is 104 Å². The molecule has 3 heteroatoms. The molecule has 0 aromatic heterocycles. The minimum Gasteiger partial charge on any atom is -0.341 e. The molecule has 0 aliphatic carbocycles. The van der Waals surface area contributed by atoms with Gasteiger partial charge in [-0.1, -0.05) is 30.7 Å². The highest BCUT2D eigenvalue weighted by Crippen LogP contribution is 2.13. The first-order valence-corrected chi connectivity index (χ1v) is 5.97. The highest BCUT2D eigenvalue weighted by Gasteiger charge is 2.16. The van der Waals surface area contributed by atoms with Gasteiger partial charge < -0.3 is 10.6 Å². The first kappa shape index (κ1) is 13.7. The van der Waals surface area contributed by atoms with E-state index < -0.39 is 0 Å². The number of nitrogens with zero attached hydrogens (tertiary/aromatic N) is 1. The average Bonchev–Trinajstić information content (AvgIpc) is 2.30. The van der Waals surface area contributed by atoms with Crippen LogP contribution in [0.3, 0.4) is 0 Å². The number of hydrogen-bond donors (Lipinski definition) is 1. The molecule has 0 spiro atoms. The van der Waals surface area contributed by atoms with Gasteiger partial charge in [0.25, 0.3) is 0 Å². The lowest BCUT2D eigenvalue weighted by Crippen LogP contribution is -2.34. The van der Waals surface area contributed by atoms with E-state index in [0.29, 0.717) is 13.1 Å². The van der Waals surface area contributed by atoms with Crippen LogP contribution >= 0.6 is 0 Å². The fourth-order valence-electron chi connectivity index (χ4n) is 1.83. The van der Waals surface area contributed by atoms with Crippen molar-refractivity contribution in [1.82, 2.24) is 4.90 Å². The van der Waals surface area contributed by atoms with Crippen molar-refractivity contribution in [3.8, 4) is 0 Å². The number of nitrogens with two attached hydrogens (primary N) is 1. The van der Waals surface area contributed by atoms with Gasteiger partial charge in [-0.3, -0.25) is 4.79 Å². The molecule has 1 rings (SSSR count). The van der Waals surface area contributed by atoms with Crippen LogP contribution in [0, 0.1) is 19.8 Å². The Balaban J connectivity index is 2.74. The first-order valence-electron chi connectivity index (χ1n) is 5.97. The van der Waals surface area contributed by atoms with Crippen molar-refractivity contribution in [2.24, 2.45) is 11.7 Å². The lowest BCUT2D eigenvalue weighted by molar-refractivity contribution is -0.133. The molecular weight excluding hydrogens is 212 g/mol. The van der Waals surface area contributed by atoms with E-state index >= 15 is 0 Å². The van der Waals surface area contributed by atoms with Gasteiger partial charge in [-0.15, -0.1) is 0 Å². The summed E-state index contributed by atoms with van der Waals surface area (Å²) in [6, 6.07) is 6.30. The van der Waals surface area contributed by atoms with Crippen molar-refractivity contribution >= 4 is 5.91 Å². The number of amides is 1. The summed E-state index contributed by atoms with van der Waals surface area (Å²) >= 11 is 0. The average molecular weight is 234 g/mol. The minimum atomic E-state index is -0.106. The van der Waals surface area contributed by atoms with Crippen LogP contribution in [0.15, 0.2) is 18.2 Å². The Hall–Kier alpha value is -1.35. The summed E-state index contributed by atoms with van der Waals surface area (Å²) in [6.07, 6.45) is 0. The third-order valence-corrected chi connectivity index (χ3v) is 3.06. The van der Waals surface area contributed by atoms with E-state index in [1.54, 1.807) is 4.90 Å². The van der Waals surface area contributed by atoms with E-state index in [4.69, 9.17) is 5.73 Å². The lowest BCUT2D eigenvalue weighted by Gasteiger charge is -2.21. The fraction of sp³-hybridized carbons (Fsp3) is 0.500. The Bertz CT molecular complexity index is 401. The summed E-state index contributed by atoms with van der Waals surface area (Å²) in [5, 5.41) is 0. The molecule has 0 radical (unpaired) electrons. The van der Waals surface area contributed by atoms with E-state index in [0.717, 1.165) is 0 Å². The second-order valence-electron chi connectivity index (χ2n) is 4.76. The second-order valence-corrected chi connectivity index (χ2v) is 4.76. The normalized spacial score (nSPS) is 12.3. The van der Waals surface area contributed by atoms with Gasteiger partial charge in [0.2, 0.25) is 5.91 Å². The predicted molar refractivity (Wildman–Crippen MR) is 70.6 cm³/mol. The van der Waals surface area contributed by atoms with Gasteiger partial charge in [0.05, 0.1) is 0 Å². The molecule has 2 N–H and O–H groups in total. The summed E-state index contributed by atoms with van der Waals surface area (Å²) in [6.45, 7) is 7.06. The summed E-state index contributed by atoms with van der Waals surface area (Å²) in [5.41, 5.74) is 9.17. The van der Waals surface area contributed by atoms with Crippen molar-refractivity contribution in [3.05, 3.63) is 34.9 Å². The SMILES string of the molecule is Cc1ccc(CN(C)C(=O)C(C)CN)c(C)c1. The Kier molecular flexibility index (Phi) is 4.70. The lowest BCUT2D eigenvalue weighted by atomic mass is 10.0. The van der Waals surface area contributed by atoms with Gasteiger partial charge >= 0.3 is 0 Å². The zero-order valence-corrected chi connectivity index (χ0v) is 11.2. The van der Waals surface area contributed by atoms with Crippen LogP contribution in [0.1, 0.15) is 23.6 Å². The van der Waals surface area contributed by atoms with E-state index in [-0.39, 0.29) is 11.8 Å². The summed E-state index contributed by atoms with van der Waals surface area (Å²) in [5.74, 6) is -0.00164. The molecule has 0 aliphatic heterocycles. The molecular formula is C14H22N2O. The van der Waals surface area contributed by atoms with Crippen molar-refractivity contribution in [1.29, 1.82) is 0 Å². The number of carbonyl (C=O) groups excluding carboxylic acids is 1. The largest absolute Gasteiger partial charge is 0.341 e. The number of benzene rings is 1. The van der Waals surface area contributed by atoms with Gasteiger partial charge in [0, 0.05) is 26.1 Å². The molecule has 0 heterocycles. The summed E-state index contributed by atoms with van der Waals surface area (Å²) in [7, 11) is 1.83. The number of carbonyl (C=O) groups is 1. The highest BCUT2D eigenvalue weighted by atomic mass is 16.2. The zero-order valence-electron chi connectivity index (χ0n) is 11.2. The molecule has 0 bridgehead atoms. The molecule has 3 nitrogen and oxygen atoms in total.